The first-order valence-corrected chi connectivity index (χ1v) is 16.3. The number of nitrogens with zero attached hydrogens (tertiary/aromatic N) is 7. The minimum atomic E-state index is -1.12. The summed E-state index contributed by atoms with van der Waals surface area (Å²) in [5, 5.41) is 10.4. The van der Waals surface area contributed by atoms with Crippen LogP contribution < -0.4 is 4.90 Å². The van der Waals surface area contributed by atoms with Gasteiger partial charge in [-0.2, -0.15) is 14.9 Å². The van der Waals surface area contributed by atoms with E-state index in [-0.39, 0.29) is 6.04 Å². The van der Waals surface area contributed by atoms with Gasteiger partial charge < -0.3 is 14.4 Å². The van der Waals surface area contributed by atoms with Crippen molar-refractivity contribution in [2.24, 2.45) is 0 Å². The van der Waals surface area contributed by atoms with Crippen LogP contribution in [0.5, 0.6) is 0 Å². The molecule has 9 nitrogen and oxygen atoms in total. The van der Waals surface area contributed by atoms with Gasteiger partial charge in [-0.15, -0.1) is 0 Å². The molecule has 0 aromatic carbocycles. The number of hydrogen-bond donors (Lipinski definition) is 0. The maximum atomic E-state index is 5.88. The third kappa shape index (κ3) is 5.35. The molecule has 0 spiro atoms. The topological polar surface area (TPSA) is 83.1 Å². The van der Waals surface area contributed by atoms with E-state index in [1.165, 1.54) is 0 Å². The van der Waals surface area contributed by atoms with E-state index >= 15 is 0 Å². The molecule has 4 aromatic heterocycles. The Bertz CT molecular complexity index is 1330. The number of aryl methyl sites for hydroxylation is 1. The van der Waals surface area contributed by atoms with Crippen LogP contribution in [0.1, 0.15) is 12.6 Å². The molecule has 36 heavy (non-hydrogen) atoms. The molecule has 0 bridgehead atoms. The number of anilines is 1. The second-order valence-corrected chi connectivity index (χ2v) is 16.3. The van der Waals surface area contributed by atoms with E-state index in [0.29, 0.717) is 25.8 Å². The Hall–Kier alpha value is -3.08. The number of aromatic nitrogens is 6. The number of hydrogen-bond acceptors (Lipinski definition) is 7. The Balaban J connectivity index is 1.50. The zero-order valence-corrected chi connectivity index (χ0v) is 22.8. The summed E-state index contributed by atoms with van der Waals surface area (Å²) in [4.78, 5) is 11.9. The molecule has 5 heterocycles. The number of morpholine rings is 1. The van der Waals surface area contributed by atoms with Gasteiger partial charge in [0.25, 0.3) is 0 Å². The van der Waals surface area contributed by atoms with Crippen molar-refractivity contribution in [3.8, 4) is 16.9 Å². The van der Waals surface area contributed by atoms with Crippen molar-refractivity contribution in [1.82, 2.24) is 29.5 Å². The lowest BCUT2D eigenvalue weighted by atomic mass is 10.0. The maximum Gasteiger partial charge on any atom is 0.177 e. The molecule has 1 fully saturated rings. The number of pyridine rings is 2. The predicted octanol–water partition coefficient (Wildman–Crippen LogP) is 4.52. The maximum absolute atomic E-state index is 5.88. The lowest BCUT2D eigenvalue weighted by molar-refractivity contribution is 0.0785. The van der Waals surface area contributed by atoms with Crippen LogP contribution in [0.25, 0.3) is 28.0 Å². The highest BCUT2D eigenvalue weighted by molar-refractivity contribution is 6.76. The first kappa shape index (κ1) is 24.6. The van der Waals surface area contributed by atoms with E-state index in [0.717, 1.165) is 52.9 Å². The van der Waals surface area contributed by atoms with Crippen molar-refractivity contribution >= 4 is 24.9 Å². The number of rotatable bonds is 8. The zero-order chi connectivity index (χ0) is 25.3. The average molecular weight is 506 g/mol. The highest BCUT2D eigenvalue weighted by Crippen LogP contribution is 2.33. The smallest absolute Gasteiger partial charge is 0.177 e. The van der Waals surface area contributed by atoms with E-state index in [4.69, 9.17) is 24.7 Å². The first-order valence-electron chi connectivity index (χ1n) is 12.6. The molecular weight excluding hydrogens is 470 g/mol. The van der Waals surface area contributed by atoms with Crippen LogP contribution >= 0.6 is 0 Å². The van der Waals surface area contributed by atoms with Crippen LogP contribution in [0.4, 0.5) is 5.82 Å². The van der Waals surface area contributed by atoms with Gasteiger partial charge >= 0.3 is 0 Å². The van der Waals surface area contributed by atoms with Crippen LogP contribution in [0, 0.1) is 6.92 Å². The van der Waals surface area contributed by atoms with Gasteiger partial charge in [0, 0.05) is 56.3 Å². The molecule has 190 valence electrons. The van der Waals surface area contributed by atoms with Gasteiger partial charge in [0.2, 0.25) is 0 Å². The third-order valence-corrected chi connectivity index (χ3v) is 8.18. The summed E-state index contributed by atoms with van der Waals surface area (Å²) in [6, 6.07) is 9.60. The number of fused-ring (bicyclic) bond motifs is 1. The molecule has 4 aromatic rings. The van der Waals surface area contributed by atoms with Crippen molar-refractivity contribution in [2.75, 3.05) is 31.3 Å². The molecule has 1 aliphatic rings. The van der Waals surface area contributed by atoms with Crippen molar-refractivity contribution < 1.29 is 9.47 Å². The molecule has 0 aliphatic carbocycles. The molecule has 5 rings (SSSR count). The summed E-state index contributed by atoms with van der Waals surface area (Å²) >= 11 is 0. The average Bonchev–Trinajstić information content (AvgIpc) is 3.48. The molecule has 0 radical (unpaired) electrons. The molecule has 1 aliphatic heterocycles. The van der Waals surface area contributed by atoms with E-state index in [1.807, 2.05) is 47.0 Å². The zero-order valence-electron chi connectivity index (χ0n) is 21.8. The first-order chi connectivity index (χ1) is 17.3. The van der Waals surface area contributed by atoms with Gasteiger partial charge in [-0.05, 0) is 37.6 Å². The third-order valence-electron chi connectivity index (χ3n) is 6.48. The monoisotopic (exact) mass is 505 g/mol. The van der Waals surface area contributed by atoms with E-state index in [9.17, 15) is 0 Å². The van der Waals surface area contributed by atoms with Crippen molar-refractivity contribution in [3.63, 3.8) is 0 Å². The summed E-state index contributed by atoms with van der Waals surface area (Å²) < 4.78 is 15.2. The van der Waals surface area contributed by atoms with Gasteiger partial charge in [-0.3, -0.25) is 4.98 Å². The standard InChI is InChI=1S/C26H35N7O2Si/c1-19-6-7-21(15-27-19)22-14-25(32-10-11-34-17-20(32)2)29-26-23(22)16-28-33(26)24-8-9-31(30-24)18-35-12-13-36(3,4)5/h6-9,14-16,20H,10-13,17-18H2,1-5H3/t20-/m1/s1. The van der Waals surface area contributed by atoms with Gasteiger partial charge in [0.15, 0.2) is 11.5 Å². The fraction of sp³-hybridized carbons (Fsp3) is 0.462. The van der Waals surface area contributed by atoms with E-state index in [1.54, 1.807) is 0 Å². The molecule has 0 saturated carbocycles. The fourth-order valence-electron chi connectivity index (χ4n) is 4.31. The largest absolute Gasteiger partial charge is 0.377 e. The molecule has 0 amide bonds. The van der Waals surface area contributed by atoms with Crippen molar-refractivity contribution in [3.05, 3.63) is 48.5 Å². The molecular formula is C26H35N7O2Si. The minimum Gasteiger partial charge on any atom is -0.377 e. The van der Waals surface area contributed by atoms with E-state index in [2.05, 4.69) is 48.6 Å². The van der Waals surface area contributed by atoms with Gasteiger partial charge in [-0.1, -0.05) is 25.7 Å². The van der Waals surface area contributed by atoms with E-state index < -0.39 is 8.07 Å². The van der Waals surface area contributed by atoms with Gasteiger partial charge in [-0.25, -0.2) is 9.67 Å². The SMILES string of the molecule is Cc1ccc(-c2cc(N3CCOC[C@H]3C)nc3c2cnn3-c2ccn(COCC[Si](C)(C)C)n2)cn1. The van der Waals surface area contributed by atoms with Crippen molar-refractivity contribution in [2.45, 2.75) is 52.3 Å². The van der Waals surface area contributed by atoms with Crippen molar-refractivity contribution in [1.29, 1.82) is 0 Å². The Morgan fingerprint density at radius 2 is 2.00 bits per heavy atom. The van der Waals surface area contributed by atoms with Gasteiger partial charge in [0.05, 0.1) is 25.5 Å². The molecule has 1 saturated heterocycles. The lowest BCUT2D eigenvalue weighted by Crippen LogP contribution is -2.44. The predicted molar refractivity (Wildman–Crippen MR) is 144 cm³/mol. The normalized spacial score (nSPS) is 16.7. The highest BCUT2D eigenvalue weighted by atomic mass is 28.3. The Kier molecular flexibility index (Phi) is 6.91. The lowest BCUT2D eigenvalue weighted by Gasteiger charge is -2.34. The summed E-state index contributed by atoms with van der Waals surface area (Å²) in [7, 11) is -1.12. The quantitative estimate of drug-likeness (QED) is 0.257. The summed E-state index contributed by atoms with van der Waals surface area (Å²) in [5.74, 6) is 1.62. The van der Waals surface area contributed by atoms with Crippen LogP contribution in [0.3, 0.4) is 0 Å². The van der Waals surface area contributed by atoms with Gasteiger partial charge in [0.1, 0.15) is 12.5 Å². The Labute approximate surface area is 213 Å². The highest BCUT2D eigenvalue weighted by Gasteiger charge is 2.23. The summed E-state index contributed by atoms with van der Waals surface area (Å²) in [6.07, 6.45) is 5.71. The minimum absolute atomic E-state index is 0.233. The summed E-state index contributed by atoms with van der Waals surface area (Å²) in [6.45, 7) is 14.6. The second kappa shape index (κ2) is 10.1. The van der Waals surface area contributed by atoms with Crippen LogP contribution in [0.2, 0.25) is 25.7 Å². The fourth-order valence-corrected chi connectivity index (χ4v) is 5.06. The Morgan fingerprint density at radius 1 is 1.14 bits per heavy atom. The number of ether oxygens (including phenoxy) is 2. The Morgan fingerprint density at radius 3 is 2.75 bits per heavy atom. The van der Waals surface area contributed by atoms with Crippen LogP contribution in [-0.4, -0.2) is 70.0 Å². The van der Waals surface area contributed by atoms with Crippen LogP contribution in [0.15, 0.2) is 42.9 Å². The molecule has 10 heteroatoms. The second-order valence-electron chi connectivity index (χ2n) is 10.7. The molecule has 0 N–H and O–H groups in total. The molecule has 1 atom stereocenters. The summed E-state index contributed by atoms with van der Waals surface area (Å²) in [5.41, 5.74) is 3.85. The van der Waals surface area contributed by atoms with Crippen LogP contribution in [-0.2, 0) is 16.2 Å². The molecule has 0 unspecified atom stereocenters.